The van der Waals surface area contributed by atoms with Gasteiger partial charge in [-0.3, -0.25) is 9.59 Å². The molecule has 0 aliphatic carbocycles. The van der Waals surface area contributed by atoms with Gasteiger partial charge in [0.25, 0.3) is 0 Å². The van der Waals surface area contributed by atoms with Crippen molar-refractivity contribution >= 4 is 21.8 Å². The third-order valence-corrected chi connectivity index (χ3v) is 7.81. The van der Waals surface area contributed by atoms with E-state index in [4.69, 9.17) is 0 Å². The standard InChI is InChI=1S/C38H22N4O2/c39-23-31-35(25-13-5-1-6-14-25)41(27-17-9-3-10-18-27)33-22-34-30(21-29(33)37(31)43)38(44)32(24-40)36(26-15-7-2-8-16-26)42(34)28-19-11-4-12-20-28/h1-22H. The summed E-state index contributed by atoms with van der Waals surface area (Å²) in [6.07, 6.45) is 0. The summed E-state index contributed by atoms with van der Waals surface area (Å²) in [5, 5.41) is 21.1. The summed E-state index contributed by atoms with van der Waals surface area (Å²) in [7, 11) is 0. The maximum atomic E-state index is 14.1. The predicted molar refractivity (Wildman–Crippen MR) is 173 cm³/mol. The number of nitriles is 2. The number of para-hydroxylation sites is 2. The molecule has 0 aliphatic heterocycles. The second-order valence-electron chi connectivity index (χ2n) is 10.3. The van der Waals surface area contributed by atoms with Gasteiger partial charge in [-0.2, -0.15) is 10.5 Å². The fourth-order valence-electron chi connectivity index (χ4n) is 5.90. The van der Waals surface area contributed by atoms with Gasteiger partial charge in [0, 0.05) is 33.3 Å². The molecule has 5 aromatic carbocycles. The number of fused-ring (bicyclic) bond motifs is 2. The SMILES string of the molecule is N#Cc1c(-c2ccccc2)n(-c2ccccc2)c2cc3c(cc2c1=O)c(=O)c(C#N)c(-c1ccccc1)n3-c1ccccc1. The highest BCUT2D eigenvalue weighted by molar-refractivity contribution is 6.00. The average Bonchev–Trinajstić information content (AvgIpc) is 3.09. The van der Waals surface area contributed by atoms with E-state index in [1.165, 1.54) is 0 Å². The van der Waals surface area contributed by atoms with Crippen LogP contribution in [0.5, 0.6) is 0 Å². The molecule has 0 unspecified atom stereocenters. The van der Waals surface area contributed by atoms with Gasteiger partial charge in [0.1, 0.15) is 23.3 Å². The van der Waals surface area contributed by atoms with E-state index < -0.39 is 10.9 Å². The van der Waals surface area contributed by atoms with E-state index in [9.17, 15) is 20.1 Å². The second-order valence-corrected chi connectivity index (χ2v) is 10.3. The van der Waals surface area contributed by atoms with E-state index in [-0.39, 0.29) is 21.9 Å². The first-order chi connectivity index (χ1) is 21.6. The summed E-state index contributed by atoms with van der Waals surface area (Å²) in [4.78, 5) is 28.2. The van der Waals surface area contributed by atoms with Crippen molar-refractivity contribution in [3.8, 4) is 46.0 Å². The molecule has 44 heavy (non-hydrogen) atoms. The largest absolute Gasteiger partial charge is 0.308 e. The Kier molecular flexibility index (Phi) is 6.43. The zero-order valence-corrected chi connectivity index (χ0v) is 23.3. The Morgan fingerprint density at radius 3 is 1.14 bits per heavy atom. The lowest BCUT2D eigenvalue weighted by Crippen LogP contribution is -2.19. The summed E-state index contributed by atoms with van der Waals surface area (Å²) in [5.74, 6) is 0. The van der Waals surface area contributed by atoms with Crippen LogP contribution in [0.2, 0.25) is 0 Å². The number of aromatic nitrogens is 2. The monoisotopic (exact) mass is 566 g/mol. The molecule has 0 bridgehead atoms. The van der Waals surface area contributed by atoms with Gasteiger partial charge < -0.3 is 9.13 Å². The summed E-state index contributed by atoms with van der Waals surface area (Å²) in [6.45, 7) is 0. The number of hydrogen-bond acceptors (Lipinski definition) is 4. The summed E-state index contributed by atoms with van der Waals surface area (Å²) < 4.78 is 3.81. The lowest BCUT2D eigenvalue weighted by molar-refractivity contribution is 1.08. The van der Waals surface area contributed by atoms with E-state index in [2.05, 4.69) is 12.1 Å². The minimum Gasteiger partial charge on any atom is -0.308 e. The Hall–Kier alpha value is -6.50. The number of pyridine rings is 2. The van der Waals surface area contributed by atoms with Crippen LogP contribution in [0.3, 0.4) is 0 Å². The van der Waals surface area contributed by atoms with Crippen LogP contribution >= 0.6 is 0 Å². The maximum Gasteiger partial charge on any atom is 0.207 e. The molecule has 6 heteroatoms. The summed E-state index contributed by atoms with van der Waals surface area (Å²) in [5.41, 5.74) is 3.86. The summed E-state index contributed by atoms with van der Waals surface area (Å²) >= 11 is 0. The quantitative estimate of drug-likeness (QED) is 0.208. The Balaban J connectivity index is 1.77. The van der Waals surface area contributed by atoms with Gasteiger partial charge in [0.2, 0.25) is 10.9 Å². The van der Waals surface area contributed by atoms with Crippen molar-refractivity contribution < 1.29 is 0 Å². The van der Waals surface area contributed by atoms with E-state index in [0.29, 0.717) is 33.5 Å². The molecule has 0 radical (unpaired) electrons. The van der Waals surface area contributed by atoms with Crippen LogP contribution in [0, 0.1) is 22.7 Å². The average molecular weight is 567 g/mol. The molecule has 6 nitrogen and oxygen atoms in total. The minimum absolute atomic E-state index is 0.0308. The summed E-state index contributed by atoms with van der Waals surface area (Å²) in [6, 6.07) is 45.4. The van der Waals surface area contributed by atoms with Gasteiger partial charge in [-0.05, 0) is 36.4 Å². The van der Waals surface area contributed by atoms with E-state index in [1.807, 2.05) is 137 Å². The van der Waals surface area contributed by atoms with Crippen molar-refractivity contribution in [2.75, 3.05) is 0 Å². The van der Waals surface area contributed by atoms with Crippen LogP contribution in [0.15, 0.2) is 143 Å². The van der Waals surface area contributed by atoms with Gasteiger partial charge >= 0.3 is 0 Å². The van der Waals surface area contributed by atoms with Crippen molar-refractivity contribution in [1.29, 1.82) is 10.5 Å². The van der Waals surface area contributed by atoms with Crippen LogP contribution in [0.4, 0.5) is 0 Å². The molecule has 0 N–H and O–H groups in total. The second kappa shape index (κ2) is 10.7. The van der Waals surface area contributed by atoms with E-state index in [1.54, 1.807) is 6.07 Å². The van der Waals surface area contributed by atoms with Crippen LogP contribution < -0.4 is 10.9 Å². The fourth-order valence-corrected chi connectivity index (χ4v) is 5.90. The van der Waals surface area contributed by atoms with Crippen molar-refractivity contribution in [2.24, 2.45) is 0 Å². The normalized spacial score (nSPS) is 10.9. The number of benzene rings is 5. The first-order valence-corrected chi connectivity index (χ1v) is 14.0. The van der Waals surface area contributed by atoms with Gasteiger partial charge in [-0.15, -0.1) is 0 Å². The Morgan fingerprint density at radius 1 is 0.455 bits per heavy atom. The highest BCUT2D eigenvalue weighted by atomic mass is 16.1. The molecule has 0 fully saturated rings. The predicted octanol–water partition coefficient (Wildman–Crippen LogP) is 7.37. The van der Waals surface area contributed by atoms with E-state index in [0.717, 1.165) is 11.4 Å². The lowest BCUT2D eigenvalue weighted by Gasteiger charge is -2.22. The van der Waals surface area contributed by atoms with Crippen LogP contribution in [-0.4, -0.2) is 9.13 Å². The van der Waals surface area contributed by atoms with Crippen molar-refractivity contribution in [2.45, 2.75) is 0 Å². The first-order valence-electron chi connectivity index (χ1n) is 14.0. The smallest absolute Gasteiger partial charge is 0.207 e. The molecule has 0 amide bonds. The molecule has 0 saturated carbocycles. The molecule has 7 rings (SSSR count). The third kappa shape index (κ3) is 4.10. The molecule has 2 heterocycles. The van der Waals surface area contributed by atoms with Gasteiger partial charge in [0.05, 0.1) is 22.4 Å². The molecule has 2 aromatic heterocycles. The third-order valence-electron chi connectivity index (χ3n) is 7.81. The molecule has 206 valence electrons. The number of hydrogen-bond donors (Lipinski definition) is 0. The molecule has 0 spiro atoms. The highest BCUT2D eigenvalue weighted by Crippen LogP contribution is 2.34. The molecule has 7 aromatic rings. The highest BCUT2D eigenvalue weighted by Gasteiger charge is 2.24. The molecule has 0 atom stereocenters. The van der Waals surface area contributed by atoms with E-state index >= 15 is 0 Å². The van der Waals surface area contributed by atoms with Crippen LogP contribution in [0.25, 0.3) is 55.7 Å². The maximum absolute atomic E-state index is 14.1. The molecule has 0 aliphatic rings. The minimum atomic E-state index is -0.480. The molecule has 0 saturated heterocycles. The topological polar surface area (TPSA) is 91.6 Å². The van der Waals surface area contributed by atoms with Crippen molar-refractivity contribution in [3.05, 3.63) is 165 Å². The lowest BCUT2D eigenvalue weighted by atomic mass is 9.97. The van der Waals surface area contributed by atoms with Crippen molar-refractivity contribution in [3.63, 3.8) is 0 Å². The Labute approximate surface area is 252 Å². The Morgan fingerprint density at radius 2 is 0.795 bits per heavy atom. The van der Waals surface area contributed by atoms with Gasteiger partial charge in [0.15, 0.2) is 0 Å². The first kappa shape index (κ1) is 26.4. The molecular weight excluding hydrogens is 544 g/mol. The van der Waals surface area contributed by atoms with Gasteiger partial charge in [-0.25, -0.2) is 0 Å². The van der Waals surface area contributed by atoms with Crippen LogP contribution in [0.1, 0.15) is 11.1 Å². The number of nitrogens with zero attached hydrogens (tertiary/aromatic N) is 4. The molecular formula is C38H22N4O2. The van der Waals surface area contributed by atoms with Crippen LogP contribution in [-0.2, 0) is 0 Å². The van der Waals surface area contributed by atoms with Crippen molar-refractivity contribution in [1.82, 2.24) is 9.13 Å². The number of rotatable bonds is 4. The Bertz CT molecular complexity index is 2250. The zero-order chi connectivity index (χ0) is 30.2. The van der Waals surface area contributed by atoms with Gasteiger partial charge in [-0.1, -0.05) is 97.1 Å². The zero-order valence-electron chi connectivity index (χ0n) is 23.3. The fraction of sp³-hybridized carbons (Fsp3) is 0.